The van der Waals surface area contributed by atoms with E-state index in [1.165, 1.54) is 12.8 Å². The van der Waals surface area contributed by atoms with E-state index in [-0.39, 0.29) is 0 Å². The Hall–Kier alpha value is -1.40. The molecule has 1 fully saturated rings. The maximum Gasteiger partial charge on any atom is 0.179 e. The fourth-order valence-electron chi connectivity index (χ4n) is 1.59. The Bertz CT molecular complexity index is 449. The zero-order chi connectivity index (χ0) is 12.3. The molecule has 1 aliphatic carbocycles. The summed E-state index contributed by atoms with van der Waals surface area (Å²) in [6.45, 7) is 0.688. The summed E-state index contributed by atoms with van der Waals surface area (Å²) < 4.78 is 10.9. The van der Waals surface area contributed by atoms with Gasteiger partial charge in [0.1, 0.15) is 0 Å². The molecule has 1 aliphatic rings. The number of ether oxygens (including phenoxy) is 2. The molecule has 90 valence electrons. The Morgan fingerprint density at radius 1 is 1.47 bits per heavy atom. The quantitative estimate of drug-likeness (QED) is 0.807. The van der Waals surface area contributed by atoms with Gasteiger partial charge in [-0.1, -0.05) is 11.6 Å². The first-order valence-corrected chi connectivity index (χ1v) is 5.98. The number of methoxy groups -OCH3 is 1. The molecule has 0 bridgehead atoms. The van der Waals surface area contributed by atoms with Crippen molar-refractivity contribution in [3.05, 3.63) is 22.7 Å². The van der Waals surface area contributed by atoms with Crippen molar-refractivity contribution in [1.29, 1.82) is 5.26 Å². The van der Waals surface area contributed by atoms with Crippen molar-refractivity contribution in [3.63, 3.8) is 0 Å². The minimum absolute atomic E-state index is 0.318. The van der Waals surface area contributed by atoms with Crippen molar-refractivity contribution in [2.24, 2.45) is 5.92 Å². The molecule has 3 nitrogen and oxygen atoms in total. The van der Waals surface area contributed by atoms with Crippen molar-refractivity contribution >= 4 is 11.6 Å². The molecule has 2 rings (SSSR count). The summed E-state index contributed by atoms with van der Waals surface area (Å²) in [5.41, 5.74) is 0.841. The van der Waals surface area contributed by atoms with Crippen LogP contribution in [0.4, 0.5) is 0 Å². The third-order valence-corrected chi connectivity index (χ3v) is 3.01. The lowest BCUT2D eigenvalue weighted by atomic mass is 10.1. The molecule has 0 heterocycles. The fourth-order valence-corrected chi connectivity index (χ4v) is 1.88. The fraction of sp³-hybridized carbons (Fsp3) is 0.462. The maximum absolute atomic E-state index is 8.66. The molecule has 17 heavy (non-hydrogen) atoms. The Morgan fingerprint density at radius 3 is 2.82 bits per heavy atom. The van der Waals surface area contributed by atoms with Crippen LogP contribution in [-0.4, -0.2) is 13.7 Å². The molecule has 0 spiro atoms. The molecule has 1 aromatic rings. The second-order valence-electron chi connectivity index (χ2n) is 4.20. The molecule has 0 aromatic heterocycles. The highest BCUT2D eigenvalue weighted by atomic mass is 35.5. The summed E-state index contributed by atoms with van der Waals surface area (Å²) in [5, 5.41) is 9.17. The molecule has 0 unspecified atom stereocenters. The normalized spacial score (nSPS) is 14.2. The Kier molecular flexibility index (Phi) is 3.75. The molecule has 0 aliphatic heterocycles. The van der Waals surface area contributed by atoms with E-state index in [1.54, 1.807) is 19.2 Å². The van der Waals surface area contributed by atoms with Crippen LogP contribution in [0.15, 0.2) is 12.1 Å². The van der Waals surface area contributed by atoms with Gasteiger partial charge in [-0.3, -0.25) is 0 Å². The van der Waals surface area contributed by atoms with Gasteiger partial charge in [-0.25, -0.2) is 0 Å². The summed E-state index contributed by atoms with van der Waals surface area (Å²) in [6, 6.07) is 5.65. The first kappa shape index (κ1) is 12.1. The van der Waals surface area contributed by atoms with Crippen LogP contribution < -0.4 is 9.47 Å². The minimum Gasteiger partial charge on any atom is -0.493 e. The van der Waals surface area contributed by atoms with Crippen LogP contribution in [0.1, 0.15) is 18.4 Å². The topological polar surface area (TPSA) is 42.2 Å². The summed E-state index contributed by atoms with van der Waals surface area (Å²) in [7, 11) is 1.58. The van der Waals surface area contributed by atoms with E-state index in [9.17, 15) is 0 Å². The minimum atomic E-state index is 0.318. The van der Waals surface area contributed by atoms with Gasteiger partial charge < -0.3 is 9.47 Å². The van der Waals surface area contributed by atoms with Gasteiger partial charge in [0, 0.05) is 0 Å². The highest BCUT2D eigenvalue weighted by molar-refractivity contribution is 6.32. The lowest BCUT2D eigenvalue weighted by Gasteiger charge is -2.13. The third kappa shape index (κ3) is 3.04. The van der Waals surface area contributed by atoms with Crippen molar-refractivity contribution in [2.45, 2.75) is 19.3 Å². The van der Waals surface area contributed by atoms with Crippen molar-refractivity contribution in [1.82, 2.24) is 0 Å². The summed E-state index contributed by atoms with van der Waals surface area (Å²) in [6.07, 6.45) is 2.78. The van der Waals surface area contributed by atoms with Gasteiger partial charge in [0.2, 0.25) is 0 Å². The van der Waals surface area contributed by atoms with Crippen LogP contribution in [0.3, 0.4) is 0 Å². The molecular weight excluding hydrogens is 238 g/mol. The number of hydrogen-bond acceptors (Lipinski definition) is 3. The summed E-state index contributed by atoms with van der Waals surface area (Å²) >= 11 is 6.14. The Labute approximate surface area is 106 Å². The third-order valence-electron chi connectivity index (χ3n) is 2.73. The predicted molar refractivity (Wildman–Crippen MR) is 65.5 cm³/mol. The standard InChI is InChI=1S/C13H14ClNO2/c1-16-12-7-10(4-5-15)6-11(14)13(12)17-8-9-2-3-9/h6-7,9H,2-4,8H2,1H3. The van der Waals surface area contributed by atoms with Crippen LogP contribution >= 0.6 is 11.6 Å². The lowest BCUT2D eigenvalue weighted by molar-refractivity contribution is 0.280. The summed E-state index contributed by atoms with van der Waals surface area (Å²) in [4.78, 5) is 0. The van der Waals surface area contributed by atoms with Gasteiger partial charge in [-0.15, -0.1) is 0 Å². The van der Waals surface area contributed by atoms with Gasteiger partial charge in [0.15, 0.2) is 11.5 Å². The molecule has 0 saturated heterocycles. The van der Waals surface area contributed by atoms with Crippen LogP contribution in [-0.2, 0) is 6.42 Å². The monoisotopic (exact) mass is 251 g/mol. The number of benzene rings is 1. The second kappa shape index (κ2) is 5.29. The van der Waals surface area contributed by atoms with E-state index in [4.69, 9.17) is 26.3 Å². The van der Waals surface area contributed by atoms with Gasteiger partial charge in [0.25, 0.3) is 0 Å². The number of hydrogen-bond donors (Lipinski definition) is 0. The first-order chi connectivity index (χ1) is 8.24. The van der Waals surface area contributed by atoms with Crippen LogP contribution in [0.5, 0.6) is 11.5 Å². The predicted octanol–water partition coefficient (Wildman–Crippen LogP) is 3.20. The number of nitriles is 1. The number of nitrogens with zero attached hydrogens (tertiary/aromatic N) is 1. The van der Waals surface area contributed by atoms with Crippen LogP contribution in [0.2, 0.25) is 5.02 Å². The van der Waals surface area contributed by atoms with E-state index in [0.29, 0.717) is 35.5 Å². The van der Waals surface area contributed by atoms with E-state index in [2.05, 4.69) is 6.07 Å². The molecule has 0 radical (unpaired) electrons. The highest BCUT2D eigenvalue weighted by Crippen LogP contribution is 2.38. The second-order valence-corrected chi connectivity index (χ2v) is 4.61. The highest BCUT2D eigenvalue weighted by Gasteiger charge is 2.23. The smallest absolute Gasteiger partial charge is 0.179 e. The van der Waals surface area contributed by atoms with Gasteiger partial charge >= 0.3 is 0 Å². The first-order valence-electron chi connectivity index (χ1n) is 5.60. The van der Waals surface area contributed by atoms with Crippen LogP contribution in [0.25, 0.3) is 0 Å². The van der Waals surface area contributed by atoms with Crippen molar-refractivity contribution < 1.29 is 9.47 Å². The zero-order valence-electron chi connectivity index (χ0n) is 9.70. The average Bonchev–Trinajstić information content (AvgIpc) is 3.11. The Morgan fingerprint density at radius 2 is 2.24 bits per heavy atom. The van der Waals surface area contributed by atoms with Gasteiger partial charge in [0.05, 0.1) is 31.2 Å². The largest absolute Gasteiger partial charge is 0.493 e. The van der Waals surface area contributed by atoms with E-state index in [0.717, 1.165) is 5.56 Å². The number of halogens is 1. The van der Waals surface area contributed by atoms with Crippen LogP contribution in [0, 0.1) is 17.2 Å². The average molecular weight is 252 g/mol. The van der Waals surface area contributed by atoms with E-state index in [1.807, 2.05) is 0 Å². The van der Waals surface area contributed by atoms with Crippen molar-refractivity contribution in [2.75, 3.05) is 13.7 Å². The molecular formula is C13H14ClNO2. The Balaban J connectivity index is 2.19. The van der Waals surface area contributed by atoms with Gasteiger partial charge in [-0.2, -0.15) is 5.26 Å². The molecule has 0 atom stereocenters. The van der Waals surface area contributed by atoms with E-state index >= 15 is 0 Å². The zero-order valence-corrected chi connectivity index (χ0v) is 10.5. The molecule has 0 amide bonds. The SMILES string of the molecule is COc1cc(CC#N)cc(Cl)c1OCC1CC1. The number of rotatable bonds is 5. The molecule has 0 N–H and O–H groups in total. The molecule has 1 saturated carbocycles. The molecule has 1 aromatic carbocycles. The maximum atomic E-state index is 8.66. The van der Waals surface area contributed by atoms with Gasteiger partial charge in [-0.05, 0) is 36.5 Å². The van der Waals surface area contributed by atoms with E-state index < -0.39 is 0 Å². The molecule has 4 heteroatoms. The lowest BCUT2D eigenvalue weighted by Crippen LogP contribution is -2.02. The summed E-state index contributed by atoms with van der Waals surface area (Å²) in [5.74, 6) is 1.85. The van der Waals surface area contributed by atoms with Crippen molar-refractivity contribution in [3.8, 4) is 17.6 Å².